The first kappa shape index (κ1) is 14.8. The molecule has 0 fully saturated rings. The summed E-state index contributed by atoms with van der Waals surface area (Å²) in [5, 5.41) is 18.0. The van der Waals surface area contributed by atoms with Gasteiger partial charge in [0.15, 0.2) is 0 Å². The molecule has 0 bridgehead atoms. The number of benzene rings is 1. The minimum Gasteiger partial charge on any atom is -0.496 e. The van der Waals surface area contributed by atoms with Crippen LogP contribution >= 0.6 is 0 Å². The van der Waals surface area contributed by atoms with Crippen LogP contribution in [0.1, 0.15) is 22.8 Å². The fourth-order valence-electron chi connectivity index (χ4n) is 1.71. The Balaban J connectivity index is 3.25. The van der Waals surface area contributed by atoms with Crippen LogP contribution < -0.4 is 9.47 Å². The molecule has 19 heavy (non-hydrogen) atoms. The number of carbonyl (C=O) groups is 2. The van der Waals surface area contributed by atoms with Crippen LogP contribution in [-0.4, -0.2) is 36.4 Å². The van der Waals surface area contributed by atoms with Crippen molar-refractivity contribution in [3.8, 4) is 11.5 Å². The minimum atomic E-state index is -1.14. The van der Waals surface area contributed by atoms with E-state index in [1.54, 1.807) is 6.92 Å². The highest BCUT2D eigenvalue weighted by atomic mass is 16.5. The van der Waals surface area contributed by atoms with Crippen LogP contribution in [0.5, 0.6) is 11.5 Å². The van der Waals surface area contributed by atoms with E-state index >= 15 is 0 Å². The molecule has 6 heteroatoms. The molecule has 6 nitrogen and oxygen atoms in total. The summed E-state index contributed by atoms with van der Waals surface area (Å²) < 4.78 is 10.1. The van der Waals surface area contributed by atoms with Crippen LogP contribution in [0.4, 0.5) is 0 Å². The first-order chi connectivity index (χ1) is 8.90. The maximum atomic E-state index is 11.1. The van der Waals surface area contributed by atoms with E-state index in [1.165, 1.54) is 26.4 Å². The van der Waals surface area contributed by atoms with Crippen molar-refractivity contribution in [3.63, 3.8) is 0 Å². The van der Waals surface area contributed by atoms with Gasteiger partial charge in [-0.2, -0.15) is 0 Å². The Labute approximate surface area is 110 Å². The van der Waals surface area contributed by atoms with Crippen LogP contribution in [0.25, 0.3) is 0 Å². The Morgan fingerprint density at radius 1 is 1.16 bits per heavy atom. The van der Waals surface area contributed by atoms with Crippen molar-refractivity contribution in [3.05, 3.63) is 23.3 Å². The van der Waals surface area contributed by atoms with Crippen molar-refractivity contribution in [2.24, 2.45) is 5.92 Å². The molecule has 0 radical (unpaired) electrons. The van der Waals surface area contributed by atoms with Gasteiger partial charge in [0.25, 0.3) is 0 Å². The van der Waals surface area contributed by atoms with Gasteiger partial charge in [-0.15, -0.1) is 0 Å². The predicted octanol–water partition coefficient (Wildman–Crippen LogP) is 1.67. The van der Waals surface area contributed by atoms with Gasteiger partial charge in [-0.05, 0) is 18.1 Å². The second-order valence-corrected chi connectivity index (χ2v) is 4.11. The summed E-state index contributed by atoms with van der Waals surface area (Å²) in [5.41, 5.74) is 0.506. The standard InChI is InChI=1S/C13H16O6/c1-7(12(14)15)4-8-5-9(13(16)17)11(19-3)6-10(8)18-2/h5-7H,4H2,1-3H3,(H,14,15)(H,16,17). The van der Waals surface area contributed by atoms with Crippen LogP contribution in [0.3, 0.4) is 0 Å². The number of aromatic carboxylic acids is 1. The molecule has 0 heterocycles. The average Bonchev–Trinajstić information content (AvgIpc) is 2.37. The lowest BCUT2D eigenvalue weighted by atomic mass is 9.98. The maximum absolute atomic E-state index is 11.1. The van der Waals surface area contributed by atoms with Gasteiger partial charge in [-0.25, -0.2) is 4.79 Å². The van der Waals surface area contributed by atoms with E-state index in [4.69, 9.17) is 19.7 Å². The third-order valence-corrected chi connectivity index (χ3v) is 2.78. The highest BCUT2D eigenvalue weighted by Gasteiger charge is 2.19. The fraction of sp³-hybridized carbons (Fsp3) is 0.385. The van der Waals surface area contributed by atoms with Crippen LogP contribution in [-0.2, 0) is 11.2 Å². The quantitative estimate of drug-likeness (QED) is 0.815. The maximum Gasteiger partial charge on any atom is 0.339 e. The monoisotopic (exact) mass is 268 g/mol. The third-order valence-electron chi connectivity index (χ3n) is 2.78. The summed E-state index contributed by atoms with van der Waals surface area (Å²) in [5.74, 6) is -2.13. The molecule has 0 saturated carbocycles. The number of hydrogen-bond donors (Lipinski definition) is 2. The lowest BCUT2D eigenvalue weighted by Crippen LogP contribution is -2.13. The molecule has 0 aromatic heterocycles. The number of ether oxygens (including phenoxy) is 2. The number of hydrogen-bond acceptors (Lipinski definition) is 4. The molecule has 0 aliphatic heterocycles. The highest BCUT2D eigenvalue weighted by molar-refractivity contribution is 5.91. The van der Waals surface area contributed by atoms with E-state index in [0.717, 1.165) is 0 Å². The molecule has 104 valence electrons. The fourth-order valence-corrected chi connectivity index (χ4v) is 1.71. The van der Waals surface area contributed by atoms with Crippen LogP contribution in [0, 0.1) is 5.92 Å². The number of aliphatic carboxylic acids is 1. The third kappa shape index (κ3) is 3.37. The van der Waals surface area contributed by atoms with E-state index in [2.05, 4.69) is 0 Å². The normalized spacial score (nSPS) is 11.7. The van der Waals surface area contributed by atoms with Gasteiger partial charge in [0, 0.05) is 6.07 Å². The largest absolute Gasteiger partial charge is 0.496 e. The average molecular weight is 268 g/mol. The van der Waals surface area contributed by atoms with E-state index < -0.39 is 17.9 Å². The Kier molecular flexibility index (Phi) is 4.74. The summed E-state index contributed by atoms with van der Waals surface area (Å²) in [6.07, 6.45) is 0.183. The van der Waals surface area contributed by atoms with E-state index in [-0.39, 0.29) is 17.7 Å². The molecule has 1 aromatic carbocycles. The molecule has 1 atom stereocenters. The number of methoxy groups -OCH3 is 2. The Hall–Kier alpha value is -2.24. The molecule has 0 spiro atoms. The second-order valence-electron chi connectivity index (χ2n) is 4.11. The molecule has 1 aromatic rings. The summed E-state index contributed by atoms with van der Waals surface area (Å²) in [7, 11) is 2.80. The summed E-state index contributed by atoms with van der Waals surface area (Å²) in [4.78, 5) is 22.0. The molecular formula is C13H16O6. The predicted molar refractivity (Wildman–Crippen MR) is 67.0 cm³/mol. The lowest BCUT2D eigenvalue weighted by Gasteiger charge is -2.14. The van der Waals surface area contributed by atoms with E-state index in [1.807, 2.05) is 0 Å². The first-order valence-electron chi connectivity index (χ1n) is 5.61. The van der Waals surface area contributed by atoms with Crippen molar-refractivity contribution in [2.75, 3.05) is 14.2 Å². The van der Waals surface area contributed by atoms with Gasteiger partial charge >= 0.3 is 11.9 Å². The number of rotatable bonds is 6. The summed E-state index contributed by atoms with van der Waals surface area (Å²) >= 11 is 0. The summed E-state index contributed by atoms with van der Waals surface area (Å²) in [6, 6.07) is 2.84. The second kappa shape index (κ2) is 6.08. The number of carboxylic acid groups (broad SMARTS) is 2. The minimum absolute atomic E-state index is 0.0177. The molecule has 2 N–H and O–H groups in total. The van der Waals surface area contributed by atoms with Crippen molar-refractivity contribution in [1.29, 1.82) is 0 Å². The Morgan fingerprint density at radius 2 is 1.74 bits per heavy atom. The van der Waals surface area contributed by atoms with Gasteiger partial charge < -0.3 is 19.7 Å². The Bertz CT molecular complexity index is 494. The first-order valence-corrected chi connectivity index (χ1v) is 5.61. The number of carboxylic acids is 2. The van der Waals surface area contributed by atoms with Gasteiger partial charge in [0.05, 0.1) is 20.1 Å². The molecule has 0 aliphatic rings. The molecule has 0 saturated heterocycles. The van der Waals surface area contributed by atoms with Gasteiger partial charge in [-0.3, -0.25) is 4.79 Å². The van der Waals surface area contributed by atoms with Crippen molar-refractivity contribution in [2.45, 2.75) is 13.3 Å². The van der Waals surface area contributed by atoms with Crippen LogP contribution in [0.15, 0.2) is 12.1 Å². The zero-order valence-corrected chi connectivity index (χ0v) is 11.0. The van der Waals surface area contributed by atoms with Crippen molar-refractivity contribution in [1.82, 2.24) is 0 Å². The van der Waals surface area contributed by atoms with Gasteiger partial charge in [0.1, 0.15) is 17.1 Å². The van der Waals surface area contributed by atoms with Crippen LogP contribution in [0.2, 0.25) is 0 Å². The van der Waals surface area contributed by atoms with E-state index in [9.17, 15) is 9.59 Å². The molecular weight excluding hydrogens is 252 g/mol. The van der Waals surface area contributed by atoms with Gasteiger partial charge in [-0.1, -0.05) is 6.92 Å². The smallest absolute Gasteiger partial charge is 0.339 e. The molecule has 1 rings (SSSR count). The molecule has 1 unspecified atom stereocenters. The van der Waals surface area contributed by atoms with Crippen molar-refractivity contribution >= 4 is 11.9 Å². The van der Waals surface area contributed by atoms with Gasteiger partial charge in [0.2, 0.25) is 0 Å². The topological polar surface area (TPSA) is 93.1 Å². The Morgan fingerprint density at radius 3 is 2.16 bits per heavy atom. The molecule has 0 aliphatic carbocycles. The SMILES string of the molecule is COc1cc(OC)c(C(=O)O)cc1CC(C)C(=O)O. The van der Waals surface area contributed by atoms with Crippen molar-refractivity contribution < 1.29 is 29.3 Å². The highest BCUT2D eigenvalue weighted by Crippen LogP contribution is 2.30. The lowest BCUT2D eigenvalue weighted by molar-refractivity contribution is -0.141. The zero-order chi connectivity index (χ0) is 14.6. The van der Waals surface area contributed by atoms with E-state index in [0.29, 0.717) is 11.3 Å². The molecule has 0 amide bonds. The zero-order valence-electron chi connectivity index (χ0n) is 11.0. The summed E-state index contributed by atoms with van der Waals surface area (Å²) in [6.45, 7) is 1.55.